The summed E-state index contributed by atoms with van der Waals surface area (Å²) in [6, 6.07) is 3.82. The van der Waals surface area contributed by atoms with Crippen molar-refractivity contribution in [3.63, 3.8) is 0 Å². The number of hydrogen-bond donors (Lipinski definition) is 2. The van der Waals surface area contributed by atoms with Crippen LogP contribution in [0.15, 0.2) is 18.3 Å². The van der Waals surface area contributed by atoms with Crippen LogP contribution < -0.4 is 5.32 Å². The minimum atomic E-state index is 0. The molecule has 0 amide bonds. The van der Waals surface area contributed by atoms with Crippen LogP contribution in [-0.4, -0.2) is 23.7 Å². The Hall–Kier alpha value is -0.610. The highest BCUT2D eigenvalue weighted by Crippen LogP contribution is 2.09. The third kappa shape index (κ3) is 2.79. The lowest BCUT2D eigenvalue weighted by molar-refractivity contribution is 0.299. The molecule has 0 fully saturated rings. The van der Waals surface area contributed by atoms with Gasteiger partial charge in [0, 0.05) is 19.9 Å². The van der Waals surface area contributed by atoms with Crippen LogP contribution in [0.3, 0.4) is 0 Å². The Labute approximate surface area is 82.6 Å². The van der Waals surface area contributed by atoms with E-state index in [1.165, 1.54) is 0 Å². The lowest BCUT2D eigenvalue weighted by Crippen LogP contribution is -1.99. The molecule has 4 heteroatoms. The monoisotopic (exact) mass is 232 g/mol. The molecule has 0 spiro atoms. The Morgan fingerprint density at radius 1 is 1.58 bits per heavy atom. The number of anilines is 1. The molecular formula is C8H13BrN2O. The number of aliphatic hydroxyl groups is 1. The van der Waals surface area contributed by atoms with Crippen LogP contribution in [0.25, 0.3) is 0 Å². The van der Waals surface area contributed by atoms with Gasteiger partial charge in [-0.2, -0.15) is 0 Å². The van der Waals surface area contributed by atoms with Gasteiger partial charge in [0.05, 0.1) is 0 Å². The molecule has 0 aliphatic heterocycles. The SMILES string of the molecule is Br.CNc1ncccc1CCO. The second kappa shape index (κ2) is 5.97. The van der Waals surface area contributed by atoms with Gasteiger partial charge in [-0.05, 0) is 18.1 Å². The van der Waals surface area contributed by atoms with Crippen LogP contribution in [0.2, 0.25) is 0 Å². The second-order valence-electron chi connectivity index (χ2n) is 2.23. The zero-order valence-corrected chi connectivity index (χ0v) is 8.66. The van der Waals surface area contributed by atoms with E-state index in [1.54, 1.807) is 6.20 Å². The van der Waals surface area contributed by atoms with Gasteiger partial charge in [-0.15, -0.1) is 17.0 Å². The Kier molecular flexibility index (Phi) is 5.66. The van der Waals surface area contributed by atoms with E-state index in [1.807, 2.05) is 19.2 Å². The number of aliphatic hydroxyl groups excluding tert-OH is 1. The van der Waals surface area contributed by atoms with E-state index < -0.39 is 0 Å². The van der Waals surface area contributed by atoms with Crippen molar-refractivity contribution in [1.82, 2.24) is 4.98 Å². The first-order valence-electron chi connectivity index (χ1n) is 3.61. The van der Waals surface area contributed by atoms with Gasteiger partial charge in [-0.3, -0.25) is 0 Å². The third-order valence-corrected chi connectivity index (χ3v) is 1.51. The summed E-state index contributed by atoms with van der Waals surface area (Å²) in [5, 5.41) is 11.6. The number of halogens is 1. The number of pyridine rings is 1. The first-order valence-corrected chi connectivity index (χ1v) is 3.61. The van der Waals surface area contributed by atoms with Crippen molar-refractivity contribution in [1.29, 1.82) is 0 Å². The molecular weight excluding hydrogens is 220 g/mol. The normalized spacial score (nSPS) is 8.83. The summed E-state index contributed by atoms with van der Waals surface area (Å²) in [5.41, 5.74) is 1.05. The molecule has 2 N–H and O–H groups in total. The summed E-state index contributed by atoms with van der Waals surface area (Å²) in [7, 11) is 1.82. The van der Waals surface area contributed by atoms with Crippen LogP contribution in [-0.2, 0) is 6.42 Å². The number of aromatic nitrogens is 1. The van der Waals surface area contributed by atoms with Crippen LogP contribution in [0.4, 0.5) is 5.82 Å². The molecule has 0 atom stereocenters. The zero-order chi connectivity index (χ0) is 8.10. The maximum Gasteiger partial charge on any atom is 0.128 e. The summed E-state index contributed by atoms with van der Waals surface area (Å²) >= 11 is 0. The molecule has 0 saturated carbocycles. The Balaban J connectivity index is 0.00000121. The highest BCUT2D eigenvalue weighted by atomic mass is 79.9. The molecule has 0 unspecified atom stereocenters. The molecule has 0 radical (unpaired) electrons. The first kappa shape index (κ1) is 11.4. The van der Waals surface area contributed by atoms with Crippen molar-refractivity contribution in [3.05, 3.63) is 23.9 Å². The summed E-state index contributed by atoms with van der Waals surface area (Å²) in [6.45, 7) is 0.167. The Morgan fingerprint density at radius 2 is 2.33 bits per heavy atom. The average Bonchev–Trinajstić information content (AvgIpc) is 2.06. The average molecular weight is 233 g/mol. The number of hydrogen-bond acceptors (Lipinski definition) is 3. The molecule has 1 rings (SSSR count). The predicted molar refractivity (Wildman–Crippen MR) is 54.9 cm³/mol. The summed E-state index contributed by atoms with van der Waals surface area (Å²) in [4.78, 5) is 4.09. The maximum atomic E-state index is 8.68. The fourth-order valence-corrected chi connectivity index (χ4v) is 0.986. The molecule has 0 aliphatic carbocycles. The van der Waals surface area contributed by atoms with E-state index in [0.717, 1.165) is 11.4 Å². The van der Waals surface area contributed by atoms with Gasteiger partial charge < -0.3 is 10.4 Å². The fourth-order valence-electron chi connectivity index (χ4n) is 0.986. The quantitative estimate of drug-likeness (QED) is 0.825. The van der Waals surface area contributed by atoms with Crippen molar-refractivity contribution in [3.8, 4) is 0 Å². The molecule has 1 heterocycles. The predicted octanol–water partition coefficient (Wildman–Crippen LogP) is 1.24. The highest BCUT2D eigenvalue weighted by Gasteiger charge is 1.98. The van der Waals surface area contributed by atoms with Gasteiger partial charge in [0.2, 0.25) is 0 Å². The molecule has 1 aromatic rings. The van der Waals surface area contributed by atoms with E-state index in [2.05, 4.69) is 10.3 Å². The van der Waals surface area contributed by atoms with E-state index in [4.69, 9.17) is 5.11 Å². The molecule has 68 valence electrons. The van der Waals surface area contributed by atoms with Crippen LogP contribution in [0.5, 0.6) is 0 Å². The molecule has 0 aliphatic rings. The topological polar surface area (TPSA) is 45.2 Å². The molecule has 0 bridgehead atoms. The van der Waals surface area contributed by atoms with Crippen molar-refractivity contribution in [2.75, 3.05) is 19.0 Å². The van der Waals surface area contributed by atoms with Crippen molar-refractivity contribution >= 4 is 22.8 Å². The van der Waals surface area contributed by atoms with Gasteiger partial charge >= 0.3 is 0 Å². The lowest BCUT2D eigenvalue weighted by Gasteiger charge is -2.04. The minimum Gasteiger partial charge on any atom is -0.396 e. The summed E-state index contributed by atoms with van der Waals surface area (Å²) < 4.78 is 0. The number of nitrogens with one attached hydrogen (secondary N) is 1. The largest absolute Gasteiger partial charge is 0.396 e. The molecule has 0 aromatic carbocycles. The molecule has 3 nitrogen and oxygen atoms in total. The lowest BCUT2D eigenvalue weighted by atomic mass is 10.2. The molecule has 12 heavy (non-hydrogen) atoms. The minimum absolute atomic E-state index is 0. The van der Waals surface area contributed by atoms with Crippen LogP contribution in [0, 0.1) is 0 Å². The molecule has 0 saturated heterocycles. The molecule has 1 aromatic heterocycles. The number of nitrogens with zero attached hydrogens (tertiary/aromatic N) is 1. The van der Waals surface area contributed by atoms with Crippen molar-refractivity contribution in [2.24, 2.45) is 0 Å². The van der Waals surface area contributed by atoms with Gasteiger partial charge in [-0.1, -0.05) is 6.07 Å². The van der Waals surface area contributed by atoms with Crippen LogP contribution >= 0.6 is 17.0 Å². The first-order chi connectivity index (χ1) is 5.38. The Bertz CT molecular complexity index is 230. The van der Waals surface area contributed by atoms with Gasteiger partial charge in [0.25, 0.3) is 0 Å². The zero-order valence-electron chi connectivity index (χ0n) is 6.95. The maximum absolute atomic E-state index is 8.68. The van der Waals surface area contributed by atoms with E-state index in [-0.39, 0.29) is 23.6 Å². The Morgan fingerprint density at radius 3 is 2.92 bits per heavy atom. The van der Waals surface area contributed by atoms with E-state index in [9.17, 15) is 0 Å². The standard InChI is InChI=1S/C8H12N2O.BrH/c1-9-8-7(4-6-11)3-2-5-10-8;/h2-3,5,11H,4,6H2,1H3,(H,9,10);1H. The van der Waals surface area contributed by atoms with E-state index in [0.29, 0.717) is 6.42 Å². The smallest absolute Gasteiger partial charge is 0.128 e. The summed E-state index contributed by atoms with van der Waals surface area (Å²) in [5.74, 6) is 0.849. The second-order valence-corrected chi connectivity index (χ2v) is 2.23. The van der Waals surface area contributed by atoms with Gasteiger partial charge in [-0.25, -0.2) is 4.98 Å². The van der Waals surface area contributed by atoms with Crippen molar-refractivity contribution in [2.45, 2.75) is 6.42 Å². The third-order valence-electron chi connectivity index (χ3n) is 1.51. The van der Waals surface area contributed by atoms with E-state index >= 15 is 0 Å². The number of rotatable bonds is 3. The van der Waals surface area contributed by atoms with Crippen molar-refractivity contribution < 1.29 is 5.11 Å². The fraction of sp³-hybridized carbons (Fsp3) is 0.375. The highest BCUT2D eigenvalue weighted by molar-refractivity contribution is 8.93. The van der Waals surface area contributed by atoms with Gasteiger partial charge in [0.15, 0.2) is 0 Å². The van der Waals surface area contributed by atoms with Crippen LogP contribution in [0.1, 0.15) is 5.56 Å². The summed E-state index contributed by atoms with van der Waals surface area (Å²) in [6.07, 6.45) is 2.39. The van der Waals surface area contributed by atoms with Gasteiger partial charge in [0.1, 0.15) is 5.82 Å².